The number of hydrogen-bond donors (Lipinski definition) is 2. The summed E-state index contributed by atoms with van der Waals surface area (Å²) in [5, 5.41) is 15.5. The quantitative estimate of drug-likeness (QED) is 0.481. The molecule has 0 aliphatic carbocycles. The largest absolute Gasteiger partial charge is 0.478 e. The molecule has 0 spiro atoms. The molecular weight excluding hydrogens is 171 g/mol. The van der Waals surface area contributed by atoms with E-state index in [0.29, 0.717) is 0 Å². The molecule has 0 aliphatic rings. The zero-order valence-electron chi connectivity index (χ0n) is 7.20. The molecule has 0 aromatic carbocycles. The minimum absolute atomic E-state index is 0. The molecule has 1 radical (unpaired) electrons. The smallest absolute Gasteiger partial charge is 0.330 e. The van der Waals surface area contributed by atoms with Crippen LogP contribution in [0.3, 0.4) is 0 Å². The summed E-state index contributed by atoms with van der Waals surface area (Å²) < 4.78 is 0. The molecule has 0 atom stereocenters. The molecular formula is C7H10NaO4. The molecule has 0 saturated heterocycles. The van der Waals surface area contributed by atoms with E-state index >= 15 is 0 Å². The fourth-order valence-electron chi connectivity index (χ4n) is 0. The predicted molar refractivity (Wildman–Crippen MR) is 46.0 cm³/mol. The SMILES string of the molecule is C=C(C)C(=O)O.C=CC(=O)O.[Na]. The van der Waals surface area contributed by atoms with Gasteiger partial charge in [0.15, 0.2) is 0 Å². The van der Waals surface area contributed by atoms with Gasteiger partial charge in [0.2, 0.25) is 0 Å². The van der Waals surface area contributed by atoms with Gasteiger partial charge in [-0.25, -0.2) is 9.59 Å². The van der Waals surface area contributed by atoms with E-state index in [0.717, 1.165) is 6.08 Å². The maximum atomic E-state index is 9.60. The van der Waals surface area contributed by atoms with Gasteiger partial charge in [-0.2, -0.15) is 0 Å². The molecule has 0 heterocycles. The first kappa shape index (κ1) is 17.5. The summed E-state index contributed by atoms with van der Waals surface area (Å²) in [6, 6.07) is 0. The molecule has 4 nitrogen and oxygen atoms in total. The van der Waals surface area contributed by atoms with Gasteiger partial charge in [0.05, 0.1) is 0 Å². The summed E-state index contributed by atoms with van der Waals surface area (Å²) in [6.07, 6.45) is 0.833. The normalized spacial score (nSPS) is 6.42. The third kappa shape index (κ3) is 22.7. The second kappa shape index (κ2) is 10.4. The maximum absolute atomic E-state index is 9.60. The monoisotopic (exact) mass is 181 g/mol. The zero-order valence-corrected chi connectivity index (χ0v) is 9.20. The van der Waals surface area contributed by atoms with Crippen LogP contribution in [0.15, 0.2) is 24.8 Å². The number of hydrogen-bond acceptors (Lipinski definition) is 2. The number of carboxylic acid groups (broad SMARTS) is 2. The Morgan fingerprint density at radius 3 is 1.50 bits per heavy atom. The topological polar surface area (TPSA) is 74.6 Å². The molecule has 0 saturated carbocycles. The van der Waals surface area contributed by atoms with Gasteiger partial charge in [-0.3, -0.25) is 0 Å². The molecule has 0 bridgehead atoms. The molecule has 2 N–H and O–H groups in total. The van der Waals surface area contributed by atoms with Crippen molar-refractivity contribution in [2.24, 2.45) is 0 Å². The molecule has 0 aromatic heterocycles. The van der Waals surface area contributed by atoms with Gasteiger partial charge in [0.25, 0.3) is 0 Å². The fourth-order valence-corrected chi connectivity index (χ4v) is 0. The average molecular weight is 181 g/mol. The van der Waals surface area contributed by atoms with Gasteiger partial charge >= 0.3 is 11.9 Å². The molecule has 12 heavy (non-hydrogen) atoms. The van der Waals surface area contributed by atoms with E-state index in [4.69, 9.17) is 10.2 Å². The Balaban J connectivity index is -0.000000126. The Kier molecular flexibility index (Phi) is 15.2. The van der Waals surface area contributed by atoms with Crippen molar-refractivity contribution in [1.82, 2.24) is 0 Å². The summed E-state index contributed by atoms with van der Waals surface area (Å²) >= 11 is 0. The maximum Gasteiger partial charge on any atom is 0.330 e. The van der Waals surface area contributed by atoms with Crippen molar-refractivity contribution in [1.29, 1.82) is 0 Å². The molecule has 0 amide bonds. The van der Waals surface area contributed by atoms with Crippen LogP contribution in [0.1, 0.15) is 6.92 Å². The van der Waals surface area contributed by atoms with Gasteiger partial charge in [-0.15, -0.1) is 0 Å². The molecule has 0 fully saturated rings. The van der Waals surface area contributed by atoms with Crippen molar-refractivity contribution in [3.8, 4) is 0 Å². The Labute approximate surface area is 92.9 Å². The van der Waals surface area contributed by atoms with Crippen LogP contribution in [0.25, 0.3) is 0 Å². The summed E-state index contributed by atoms with van der Waals surface area (Å²) in [6.45, 7) is 7.56. The minimum Gasteiger partial charge on any atom is -0.478 e. The van der Waals surface area contributed by atoms with Gasteiger partial charge in [-0.05, 0) is 6.92 Å². The Hall–Kier alpha value is -0.580. The minimum atomic E-state index is -0.981. The fraction of sp³-hybridized carbons (Fsp3) is 0.143. The van der Waals surface area contributed by atoms with Crippen LogP contribution in [0.5, 0.6) is 0 Å². The summed E-state index contributed by atoms with van der Waals surface area (Å²) in [5.41, 5.74) is 0.176. The number of carbonyl (C=O) groups is 2. The summed E-state index contributed by atoms with van der Waals surface area (Å²) in [7, 11) is 0. The number of aliphatic carboxylic acids is 2. The van der Waals surface area contributed by atoms with Crippen molar-refractivity contribution in [2.45, 2.75) is 6.92 Å². The standard InChI is InChI=1S/C4H6O2.C3H4O2.Na/c1-3(2)4(5)6;1-2-3(4)5;/h1H2,2H3,(H,5,6);2H,1H2,(H,4,5);. The third-order valence-electron chi connectivity index (χ3n) is 0.540. The van der Waals surface area contributed by atoms with Crippen molar-refractivity contribution in [2.75, 3.05) is 0 Å². The van der Waals surface area contributed by atoms with E-state index in [2.05, 4.69) is 13.2 Å². The van der Waals surface area contributed by atoms with E-state index in [9.17, 15) is 9.59 Å². The third-order valence-corrected chi connectivity index (χ3v) is 0.540. The number of carboxylic acids is 2. The molecule has 0 aliphatic heterocycles. The Bertz CT molecular complexity index is 174. The van der Waals surface area contributed by atoms with E-state index in [1.165, 1.54) is 6.92 Å². The van der Waals surface area contributed by atoms with Crippen LogP contribution in [-0.2, 0) is 9.59 Å². The van der Waals surface area contributed by atoms with Crippen LogP contribution in [-0.4, -0.2) is 51.7 Å². The van der Waals surface area contributed by atoms with Gasteiger partial charge in [0.1, 0.15) is 0 Å². The van der Waals surface area contributed by atoms with E-state index in [1.54, 1.807) is 0 Å². The first-order valence-corrected chi connectivity index (χ1v) is 2.66. The van der Waals surface area contributed by atoms with Crippen molar-refractivity contribution < 1.29 is 19.8 Å². The second-order valence-electron chi connectivity index (χ2n) is 1.63. The Morgan fingerprint density at radius 1 is 1.33 bits per heavy atom. The zero-order chi connectivity index (χ0) is 9.44. The van der Waals surface area contributed by atoms with Crippen LogP contribution in [0.4, 0.5) is 0 Å². The molecule has 0 aromatic rings. The second-order valence-corrected chi connectivity index (χ2v) is 1.63. The molecule has 5 heteroatoms. The molecule has 63 valence electrons. The first-order valence-electron chi connectivity index (χ1n) is 2.66. The van der Waals surface area contributed by atoms with Gasteiger partial charge in [0, 0.05) is 41.2 Å². The summed E-state index contributed by atoms with van der Waals surface area (Å²) in [4.78, 5) is 18.8. The van der Waals surface area contributed by atoms with Crippen LogP contribution in [0.2, 0.25) is 0 Å². The molecule has 0 unspecified atom stereocenters. The number of rotatable bonds is 2. The van der Waals surface area contributed by atoms with E-state index in [1.807, 2.05) is 0 Å². The van der Waals surface area contributed by atoms with E-state index < -0.39 is 11.9 Å². The summed E-state index contributed by atoms with van der Waals surface area (Å²) in [5.74, 6) is -1.92. The van der Waals surface area contributed by atoms with Gasteiger partial charge in [-0.1, -0.05) is 13.2 Å². The van der Waals surface area contributed by atoms with Crippen molar-refractivity contribution in [3.05, 3.63) is 24.8 Å². The van der Waals surface area contributed by atoms with Crippen molar-refractivity contribution >= 4 is 41.5 Å². The van der Waals surface area contributed by atoms with Crippen LogP contribution < -0.4 is 0 Å². The average Bonchev–Trinajstić information content (AvgIpc) is 1.89. The predicted octanol–water partition coefficient (Wildman–Crippen LogP) is 0.523. The van der Waals surface area contributed by atoms with Crippen molar-refractivity contribution in [3.63, 3.8) is 0 Å². The van der Waals surface area contributed by atoms with Gasteiger partial charge < -0.3 is 10.2 Å². The van der Waals surface area contributed by atoms with E-state index in [-0.39, 0.29) is 35.1 Å². The van der Waals surface area contributed by atoms with Crippen LogP contribution in [0, 0.1) is 0 Å². The molecule has 0 rings (SSSR count). The Morgan fingerprint density at radius 2 is 1.50 bits per heavy atom. The first-order chi connectivity index (χ1) is 4.91. The van der Waals surface area contributed by atoms with Crippen LogP contribution >= 0.6 is 0 Å².